The summed E-state index contributed by atoms with van der Waals surface area (Å²) in [4.78, 5) is 29.1. The Hall–Kier alpha value is -3.27. The molecule has 3 rings (SSSR count). The van der Waals surface area contributed by atoms with Crippen molar-refractivity contribution >= 4 is 50.7 Å². The van der Waals surface area contributed by atoms with Crippen molar-refractivity contribution in [3.05, 3.63) is 94.0 Å². The van der Waals surface area contributed by atoms with Crippen LogP contribution >= 0.6 is 23.2 Å². The lowest BCUT2D eigenvalue weighted by Gasteiger charge is -2.32. The third kappa shape index (κ3) is 10.4. The predicted octanol–water partition coefficient (Wildman–Crippen LogP) is 6.49. The lowest BCUT2D eigenvalue weighted by atomic mass is 10.0. The highest BCUT2D eigenvalue weighted by Crippen LogP contribution is 2.28. The molecule has 0 bridgehead atoms. The SMILES string of the molecule is CCCCNC(=O)[C@@H](Cc1ccccc1)N(Cc1c(Cl)cccc1Cl)C(=O)CCCN(c1ccc(OCC)cc1)S(C)(=O)=O. The van der Waals surface area contributed by atoms with Gasteiger partial charge in [-0.05, 0) is 61.7 Å². The summed E-state index contributed by atoms with van der Waals surface area (Å²) >= 11 is 13.0. The van der Waals surface area contributed by atoms with Gasteiger partial charge in [0.1, 0.15) is 11.8 Å². The second-order valence-electron chi connectivity index (χ2n) is 10.4. The van der Waals surface area contributed by atoms with Gasteiger partial charge < -0.3 is 15.0 Å². The Bertz CT molecular complexity index is 1450. The van der Waals surface area contributed by atoms with Gasteiger partial charge in [0.2, 0.25) is 21.8 Å². The monoisotopic (exact) mass is 661 g/mol. The van der Waals surface area contributed by atoms with E-state index in [9.17, 15) is 18.0 Å². The van der Waals surface area contributed by atoms with E-state index in [-0.39, 0.29) is 44.2 Å². The van der Waals surface area contributed by atoms with Crippen LogP contribution in [0, 0.1) is 0 Å². The van der Waals surface area contributed by atoms with Crippen LogP contribution in [0.5, 0.6) is 5.75 Å². The molecule has 1 N–H and O–H groups in total. The van der Waals surface area contributed by atoms with Crippen molar-refractivity contribution in [1.29, 1.82) is 0 Å². The first-order valence-electron chi connectivity index (χ1n) is 14.8. The second-order valence-corrected chi connectivity index (χ2v) is 13.2. The van der Waals surface area contributed by atoms with Crippen LogP contribution in [0.2, 0.25) is 10.0 Å². The number of nitrogens with zero attached hydrogens (tertiary/aromatic N) is 2. The third-order valence-electron chi connectivity index (χ3n) is 7.08. The summed E-state index contributed by atoms with van der Waals surface area (Å²) in [5.74, 6) is 0.0501. The summed E-state index contributed by atoms with van der Waals surface area (Å²) in [5, 5.41) is 3.76. The minimum atomic E-state index is -3.64. The van der Waals surface area contributed by atoms with E-state index in [4.69, 9.17) is 27.9 Å². The normalized spacial score (nSPS) is 11.9. The van der Waals surface area contributed by atoms with Crippen LogP contribution in [0.25, 0.3) is 0 Å². The van der Waals surface area contributed by atoms with E-state index < -0.39 is 16.1 Å². The molecule has 0 unspecified atom stereocenters. The number of anilines is 1. The summed E-state index contributed by atoms with van der Waals surface area (Å²) in [6.45, 7) is 4.98. The number of hydrogen-bond donors (Lipinski definition) is 1. The van der Waals surface area contributed by atoms with Crippen LogP contribution in [-0.2, 0) is 32.6 Å². The highest BCUT2D eigenvalue weighted by molar-refractivity contribution is 7.92. The van der Waals surface area contributed by atoms with Crippen LogP contribution in [0.1, 0.15) is 50.7 Å². The Morgan fingerprint density at radius 2 is 1.57 bits per heavy atom. The van der Waals surface area contributed by atoms with Crippen molar-refractivity contribution in [3.8, 4) is 5.75 Å². The number of benzene rings is 3. The number of carbonyl (C=O) groups excluding carboxylic acids is 2. The topological polar surface area (TPSA) is 96.0 Å². The van der Waals surface area contributed by atoms with E-state index >= 15 is 0 Å². The Kier molecular flexibility index (Phi) is 13.8. The zero-order valence-electron chi connectivity index (χ0n) is 25.5. The molecular weight excluding hydrogens is 621 g/mol. The third-order valence-corrected chi connectivity index (χ3v) is 8.98. The largest absolute Gasteiger partial charge is 0.494 e. The van der Waals surface area contributed by atoms with Gasteiger partial charge in [0.05, 0.1) is 18.6 Å². The molecule has 2 amide bonds. The van der Waals surface area contributed by atoms with Crippen LogP contribution in [-0.4, -0.2) is 57.1 Å². The maximum Gasteiger partial charge on any atom is 0.243 e. The van der Waals surface area contributed by atoms with Gasteiger partial charge in [0, 0.05) is 48.1 Å². The quantitative estimate of drug-likeness (QED) is 0.167. The van der Waals surface area contributed by atoms with Gasteiger partial charge in [0.25, 0.3) is 0 Å². The van der Waals surface area contributed by atoms with Crippen molar-refractivity contribution in [2.75, 3.05) is 30.3 Å². The van der Waals surface area contributed by atoms with E-state index in [2.05, 4.69) is 5.32 Å². The number of ether oxygens (including phenoxy) is 1. The number of unbranched alkanes of at least 4 members (excludes halogenated alkanes) is 1. The minimum absolute atomic E-state index is 0.00134. The second kappa shape index (κ2) is 17.3. The first-order valence-corrected chi connectivity index (χ1v) is 17.4. The first kappa shape index (κ1) is 35.2. The summed E-state index contributed by atoms with van der Waals surface area (Å²) in [6.07, 6.45) is 3.36. The van der Waals surface area contributed by atoms with Gasteiger partial charge in [-0.15, -0.1) is 0 Å². The van der Waals surface area contributed by atoms with Gasteiger partial charge >= 0.3 is 0 Å². The summed E-state index contributed by atoms with van der Waals surface area (Å²) in [7, 11) is -3.64. The number of halogens is 2. The molecule has 8 nitrogen and oxygen atoms in total. The molecular formula is C33H41Cl2N3O5S. The molecule has 0 saturated heterocycles. The van der Waals surface area contributed by atoms with Gasteiger partial charge in [0.15, 0.2) is 0 Å². The fourth-order valence-electron chi connectivity index (χ4n) is 4.79. The Labute approximate surface area is 271 Å². The molecule has 0 spiro atoms. The molecule has 11 heteroatoms. The molecule has 0 heterocycles. The Morgan fingerprint density at radius 1 is 0.909 bits per heavy atom. The molecule has 0 aromatic heterocycles. The van der Waals surface area contributed by atoms with Crippen molar-refractivity contribution in [1.82, 2.24) is 10.2 Å². The Balaban J connectivity index is 1.89. The number of rotatable bonds is 17. The van der Waals surface area contributed by atoms with Gasteiger partial charge in [-0.2, -0.15) is 0 Å². The molecule has 44 heavy (non-hydrogen) atoms. The van der Waals surface area contributed by atoms with Crippen molar-refractivity contribution < 1.29 is 22.7 Å². The molecule has 0 radical (unpaired) electrons. The highest BCUT2D eigenvalue weighted by Gasteiger charge is 2.31. The molecule has 0 aliphatic heterocycles. The molecule has 3 aromatic rings. The van der Waals surface area contributed by atoms with E-state index in [0.717, 1.165) is 24.7 Å². The van der Waals surface area contributed by atoms with E-state index in [1.165, 1.54) is 9.21 Å². The summed E-state index contributed by atoms with van der Waals surface area (Å²) in [6, 6.07) is 20.5. The zero-order valence-corrected chi connectivity index (χ0v) is 27.8. The molecule has 3 aromatic carbocycles. The van der Waals surface area contributed by atoms with Gasteiger partial charge in [-0.1, -0.05) is 72.9 Å². The maximum absolute atomic E-state index is 14.0. The van der Waals surface area contributed by atoms with E-state index in [1.807, 2.05) is 44.2 Å². The number of carbonyl (C=O) groups is 2. The number of hydrogen-bond acceptors (Lipinski definition) is 5. The molecule has 0 aliphatic rings. The minimum Gasteiger partial charge on any atom is -0.494 e. The van der Waals surface area contributed by atoms with Crippen LogP contribution in [0.15, 0.2) is 72.8 Å². The lowest BCUT2D eigenvalue weighted by molar-refractivity contribution is -0.141. The Morgan fingerprint density at radius 3 is 2.16 bits per heavy atom. The summed E-state index contributed by atoms with van der Waals surface area (Å²) < 4.78 is 32.2. The highest BCUT2D eigenvalue weighted by atomic mass is 35.5. The van der Waals surface area contributed by atoms with Crippen LogP contribution in [0.3, 0.4) is 0 Å². The molecule has 0 aliphatic carbocycles. The van der Waals surface area contributed by atoms with Gasteiger partial charge in [-0.25, -0.2) is 8.42 Å². The average Bonchev–Trinajstić information content (AvgIpc) is 2.99. The number of amides is 2. The van der Waals surface area contributed by atoms with Gasteiger partial charge in [-0.3, -0.25) is 13.9 Å². The fraction of sp³-hybridized carbons (Fsp3) is 0.394. The number of sulfonamides is 1. The standard InChI is InChI=1S/C33H41Cl2N3O5S/c1-4-6-21-36-33(40)31(23-25-12-8-7-9-13-25)37(24-28-29(34)14-10-15-30(28)35)32(39)16-11-22-38(44(3,41)42)26-17-19-27(20-18-26)43-5-2/h7-10,12-15,17-20,31H,4-6,11,16,21-24H2,1-3H3,(H,36,40)/t31-/m1/s1. The fourth-order valence-corrected chi connectivity index (χ4v) is 6.28. The van der Waals surface area contributed by atoms with Crippen LogP contribution in [0.4, 0.5) is 5.69 Å². The predicted molar refractivity (Wildman–Crippen MR) is 178 cm³/mol. The molecule has 238 valence electrons. The van der Waals surface area contributed by atoms with E-state index in [1.54, 1.807) is 42.5 Å². The zero-order chi connectivity index (χ0) is 32.1. The first-order chi connectivity index (χ1) is 21.0. The smallest absolute Gasteiger partial charge is 0.243 e. The van der Waals surface area contributed by atoms with Crippen LogP contribution < -0.4 is 14.4 Å². The van der Waals surface area contributed by atoms with E-state index in [0.29, 0.717) is 40.2 Å². The summed E-state index contributed by atoms with van der Waals surface area (Å²) in [5.41, 5.74) is 1.90. The molecule has 1 atom stereocenters. The number of nitrogens with one attached hydrogen (secondary N) is 1. The molecule has 0 saturated carbocycles. The van der Waals surface area contributed by atoms with Crippen molar-refractivity contribution in [2.24, 2.45) is 0 Å². The molecule has 0 fully saturated rings. The van der Waals surface area contributed by atoms with Crippen molar-refractivity contribution in [3.63, 3.8) is 0 Å². The average molecular weight is 663 g/mol. The maximum atomic E-state index is 14.0. The van der Waals surface area contributed by atoms with Crippen molar-refractivity contribution in [2.45, 2.75) is 58.5 Å². The lowest BCUT2D eigenvalue weighted by Crippen LogP contribution is -2.50.